The van der Waals surface area contributed by atoms with Crippen LogP contribution in [0.2, 0.25) is 0 Å². The highest BCUT2D eigenvalue weighted by Crippen LogP contribution is 2.52. The SMILES string of the molecule is C=CC1=C(C)c2cc3nc(cc4[nH]c(cc5[nH]c(cc1n2)c(C)c5CCC(=O)O)c(CCC(=O)OC)c4C)[C@@]1(C)C3=CC=C(C(=O)OC)C1C(=O)OC. The van der Waals surface area contributed by atoms with Crippen LogP contribution in [-0.4, -0.2) is 70.2 Å². The summed E-state index contributed by atoms with van der Waals surface area (Å²) in [5, 5.41) is 9.61. The number of H-pyrrole nitrogens is 2. The van der Waals surface area contributed by atoms with E-state index in [0.717, 1.165) is 38.9 Å². The number of rotatable bonds is 9. The number of aliphatic carboxylic acids is 1. The summed E-state index contributed by atoms with van der Waals surface area (Å²) in [6, 6.07) is 7.59. The van der Waals surface area contributed by atoms with Crippen molar-refractivity contribution >= 4 is 62.7 Å². The van der Waals surface area contributed by atoms with Crippen molar-refractivity contribution < 1.29 is 38.5 Å². The molecule has 6 rings (SSSR count). The molecule has 12 nitrogen and oxygen atoms in total. The second-order valence-electron chi connectivity index (χ2n) is 13.5. The predicted molar refractivity (Wildman–Crippen MR) is 200 cm³/mol. The first-order valence-corrected chi connectivity index (χ1v) is 17.2. The Balaban J connectivity index is 1.78. The lowest BCUT2D eigenvalue weighted by Crippen LogP contribution is -2.42. The Kier molecular flexibility index (Phi) is 9.83. The number of carboxylic acids is 1. The Morgan fingerprint density at radius 1 is 0.811 bits per heavy atom. The summed E-state index contributed by atoms with van der Waals surface area (Å²) in [6.07, 6.45) is 5.80. The van der Waals surface area contributed by atoms with Gasteiger partial charge in [0, 0.05) is 40.5 Å². The van der Waals surface area contributed by atoms with Crippen LogP contribution in [0.25, 0.3) is 38.8 Å². The van der Waals surface area contributed by atoms with E-state index >= 15 is 0 Å². The molecule has 0 saturated carbocycles. The molecule has 8 bridgehead atoms. The first kappa shape index (κ1) is 36.7. The van der Waals surface area contributed by atoms with Gasteiger partial charge in [0.1, 0.15) is 5.92 Å². The number of aryl methyl sites for hydroxylation is 4. The van der Waals surface area contributed by atoms with E-state index in [0.29, 0.717) is 51.3 Å². The number of ether oxygens (including phenoxy) is 3. The number of methoxy groups -OCH3 is 3. The summed E-state index contributed by atoms with van der Waals surface area (Å²) in [5.41, 5.74) is 9.92. The van der Waals surface area contributed by atoms with Gasteiger partial charge in [0.05, 0.1) is 55.1 Å². The van der Waals surface area contributed by atoms with E-state index in [1.165, 1.54) is 21.3 Å². The fraction of sp³-hybridized carbons (Fsp3) is 0.317. The van der Waals surface area contributed by atoms with Crippen LogP contribution >= 0.6 is 0 Å². The van der Waals surface area contributed by atoms with Gasteiger partial charge in [0.2, 0.25) is 0 Å². The van der Waals surface area contributed by atoms with Gasteiger partial charge < -0.3 is 29.3 Å². The van der Waals surface area contributed by atoms with Crippen LogP contribution in [0.5, 0.6) is 0 Å². The van der Waals surface area contributed by atoms with E-state index in [1.54, 1.807) is 18.2 Å². The van der Waals surface area contributed by atoms with Gasteiger partial charge in [0.25, 0.3) is 0 Å². The van der Waals surface area contributed by atoms with E-state index < -0.39 is 29.2 Å². The maximum Gasteiger partial charge on any atom is 0.334 e. The summed E-state index contributed by atoms with van der Waals surface area (Å²) >= 11 is 0. The minimum Gasteiger partial charge on any atom is -0.481 e. The van der Waals surface area contributed by atoms with Crippen LogP contribution < -0.4 is 0 Å². The molecule has 0 spiro atoms. The zero-order valence-corrected chi connectivity index (χ0v) is 30.9. The lowest BCUT2D eigenvalue weighted by atomic mass is 9.64. The van der Waals surface area contributed by atoms with Crippen LogP contribution in [0.4, 0.5) is 0 Å². The quantitative estimate of drug-likeness (QED) is 0.166. The number of nitrogens with one attached hydrogen (secondary N) is 2. The number of allylic oxidation sites excluding steroid dienone is 6. The average molecular weight is 719 g/mol. The Hall–Kier alpha value is -6.04. The van der Waals surface area contributed by atoms with Gasteiger partial charge >= 0.3 is 23.9 Å². The van der Waals surface area contributed by atoms with Crippen LogP contribution in [0.3, 0.4) is 0 Å². The van der Waals surface area contributed by atoms with Gasteiger partial charge in [-0.15, -0.1) is 0 Å². The highest BCUT2D eigenvalue weighted by atomic mass is 16.5. The molecule has 0 radical (unpaired) electrons. The second kappa shape index (κ2) is 14.2. The predicted octanol–water partition coefficient (Wildman–Crippen LogP) is 6.41. The fourth-order valence-corrected chi connectivity index (χ4v) is 7.69. The number of carbonyl (C=O) groups excluding carboxylic acids is 3. The number of aromatic nitrogens is 4. The number of carbonyl (C=O) groups is 4. The van der Waals surface area contributed by atoms with E-state index in [1.807, 2.05) is 52.0 Å². The zero-order valence-electron chi connectivity index (χ0n) is 30.9. The lowest BCUT2D eigenvalue weighted by Gasteiger charge is -2.36. The highest BCUT2D eigenvalue weighted by Gasteiger charge is 2.53. The van der Waals surface area contributed by atoms with E-state index in [4.69, 9.17) is 24.2 Å². The monoisotopic (exact) mass is 718 g/mol. The van der Waals surface area contributed by atoms with Gasteiger partial charge in [-0.3, -0.25) is 19.4 Å². The van der Waals surface area contributed by atoms with Crippen LogP contribution in [0.1, 0.15) is 71.7 Å². The maximum atomic E-state index is 13.7. The third-order valence-electron chi connectivity index (χ3n) is 10.7. The molecule has 3 N–H and O–H groups in total. The van der Waals surface area contributed by atoms with Crippen LogP contribution in [0, 0.1) is 19.8 Å². The lowest BCUT2D eigenvalue weighted by molar-refractivity contribution is -0.149. The van der Waals surface area contributed by atoms with E-state index in [-0.39, 0.29) is 30.8 Å². The van der Waals surface area contributed by atoms with Gasteiger partial charge in [-0.1, -0.05) is 24.8 Å². The highest BCUT2D eigenvalue weighted by molar-refractivity contribution is 6.02. The summed E-state index contributed by atoms with van der Waals surface area (Å²) in [7, 11) is 3.89. The molecule has 2 aliphatic heterocycles. The molecule has 3 aliphatic rings. The molecule has 3 aromatic rings. The third-order valence-corrected chi connectivity index (χ3v) is 10.7. The molecule has 0 fully saturated rings. The molecule has 0 amide bonds. The Morgan fingerprint density at radius 2 is 1.45 bits per heavy atom. The van der Waals surface area contributed by atoms with Gasteiger partial charge in [-0.25, -0.2) is 9.78 Å². The normalized spacial score (nSPS) is 17.8. The topological polar surface area (TPSA) is 174 Å². The zero-order chi connectivity index (χ0) is 38.4. The van der Waals surface area contributed by atoms with Crippen molar-refractivity contribution in [3.63, 3.8) is 0 Å². The molecular formula is C41H42N4O8. The van der Waals surface area contributed by atoms with Crippen molar-refractivity contribution in [2.45, 2.75) is 58.8 Å². The van der Waals surface area contributed by atoms with Crippen molar-refractivity contribution in [3.05, 3.63) is 99.7 Å². The number of esters is 3. The summed E-state index contributed by atoms with van der Waals surface area (Å²) in [5.74, 6) is -3.66. The fourth-order valence-electron chi connectivity index (χ4n) is 7.69. The Morgan fingerprint density at radius 3 is 2.04 bits per heavy atom. The van der Waals surface area contributed by atoms with Crippen molar-refractivity contribution in [1.82, 2.24) is 19.9 Å². The Bertz CT molecular complexity index is 2370. The molecular weight excluding hydrogens is 676 g/mol. The second-order valence-corrected chi connectivity index (χ2v) is 13.5. The van der Waals surface area contributed by atoms with Crippen molar-refractivity contribution in [1.29, 1.82) is 0 Å². The third kappa shape index (κ3) is 6.28. The standard InChI is InChI=1S/C41H42N4O8/c1-9-23-20(2)29-17-34-27-13-10-26(39(49)52-7)38(40(50)53-8)41(27,5)35(45-34)19-30-22(4)25(12-15-37(48)51-6)33(44-30)18-32-24(11-14-36(46)47)21(3)28(43-32)16-31(23)42-29/h9-10,13,16-19,38,43-44H,1,11-12,14-15H2,2-8H3,(H,46,47)/t38?,41-/m1/s1. The van der Waals surface area contributed by atoms with Crippen molar-refractivity contribution in [2.75, 3.05) is 21.3 Å². The van der Waals surface area contributed by atoms with Crippen LogP contribution in [-0.2, 0) is 51.6 Å². The van der Waals surface area contributed by atoms with Gasteiger partial charge in [-0.05, 0) is 98.2 Å². The minimum absolute atomic E-state index is 0.0715. The summed E-state index contributed by atoms with van der Waals surface area (Å²) in [6.45, 7) is 11.8. The maximum absolute atomic E-state index is 13.7. The van der Waals surface area contributed by atoms with Crippen molar-refractivity contribution in [3.8, 4) is 0 Å². The first-order chi connectivity index (χ1) is 25.3. The number of carboxylic acid groups (broad SMARTS) is 1. The molecule has 12 heteroatoms. The molecule has 1 unspecified atom stereocenters. The summed E-state index contributed by atoms with van der Waals surface area (Å²) in [4.78, 5) is 68.1. The molecule has 2 atom stereocenters. The molecule has 1 aliphatic carbocycles. The number of nitrogens with zero attached hydrogens (tertiary/aromatic N) is 2. The molecule has 53 heavy (non-hydrogen) atoms. The summed E-state index contributed by atoms with van der Waals surface area (Å²) < 4.78 is 15.4. The Labute approximate surface area is 306 Å². The van der Waals surface area contributed by atoms with Crippen LogP contribution in [0.15, 0.2) is 54.6 Å². The molecule has 0 saturated heterocycles. The smallest absolute Gasteiger partial charge is 0.334 e. The number of aromatic amines is 2. The van der Waals surface area contributed by atoms with E-state index in [9.17, 15) is 24.3 Å². The van der Waals surface area contributed by atoms with Gasteiger partial charge in [-0.2, -0.15) is 0 Å². The number of hydrogen-bond acceptors (Lipinski definition) is 9. The molecule has 3 aromatic heterocycles. The molecule has 5 heterocycles. The number of hydrogen-bond donors (Lipinski definition) is 3. The van der Waals surface area contributed by atoms with Gasteiger partial charge in [0.15, 0.2) is 0 Å². The van der Waals surface area contributed by atoms with Crippen molar-refractivity contribution in [2.24, 2.45) is 5.92 Å². The molecule has 0 aromatic carbocycles. The molecule has 274 valence electrons. The van der Waals surface area contributed by atoms with E-state index in [2.05, 4.69) is 16.5 Å². The minimum atomic E-state index is -1.18. The first-order valence-electron chi connectivity index (χ1n) is 17.2. The average Bonchev–Trinajstić information content (AvgIpc) is 3.79. The largest absolute Gasteiger partial charge is 0.481 e. The number of fused-ring (bicyclic) bond motifs is 11.